The van der Waals surface area contributed by atoms with Crippen LogP contribution >= 0.6 is 0 Å². The van der Waals surface area contributed by atoms with E-state index in [1.54, 1.807) is 14.2 Å². The van der Waals surface area contributed by atoms with Crippen molar-refractivity contribution >= 4 is 6.09 Å². The molecule has 1 amide bonds. The largest absolute Gasteiger partial charge is 0.497 e. The molecule has 1 saturated heterocycles. The van der Waals surface area contributed by atoms with Crippen molar-refractivity contribution in [3.05, 3.63) is 129 Å². The van der Waals surface area contributed by atoms with E-state index in [2.05, 4.69) is 16.2 Å². The average Bonchev–Trinajstić information content (AvgIpc) is 3.38. The number of carbonyl (C=O) groups is 1. The Bertz CT molecular complexity index is 1730. The molecule has 1 aliphatic rings. The monoisotopic (exact) mass is 627 g/mol. The molecule has 4 aromatic rings. The number of alkyl carbamates (subject to hydrolysis) is 1. The number of nitrogens with zero attached hydrogens (tertiary/aromatic N) is 1. The van der Waals surface area contributed by atoms with Gasteiger partial charge in [-0.1, -0.05) is 60.5 Å². The van der Waals surface area contributed by atoms with E-state index >= 15 is 0 Å². The van der Waals surface area contributed by atoms with Crippen LogP contribution in [0.15, 0.2) is 101 Å². The molecule has 3 aromatic carbocycles. The number of H-pyrrole nitrogens is 1. The van der Waals surface area contributed by atoms with Crippen LogP contribution in [0.3, 0.4) is 0 Å². The Morgan fingerprint density at radius 1 is 0.957 bits per heavy atom. The van der Waals surface area contributed by atoms with E-state index in [9.17, 15) is 19.5 Å². The molecule has 4 atom stereocenters. The molecule has 0 radical (unpaired) electrons. The molecule has 12 heteroatoms. The average molecular weight is 628 g/mol. The topological polar surface area (TPSA) is 150 Å². The fourth-order valence-corrected chi connectivity index (χ4v) is 5.40. The second-order valence-corrected chi connectivity index (χ2v) is 10.3. The van der Waals surface area contributed by atoms with Gasteiger partial charge in [-0.2, -0.15) is 0 Å². The predicted octanol–water partition coefficient (Wildman–Crippen LogP) is 2.55. The third-order valence-electron chi connectivity index (χ3n) is 7.65. The standard InChI is InChI=1S/C34H33N3O9/c1-4-19-35-33(41)46-30-29(39)27(45-31(30)37-20-18-28(38)36-32(37)40)21-44-34(22-8-6-5-7-9-22,23-10-14-25(42-2)15-11-23)24-12-16-26(43-3)17-13-24/h1,5-18,20,27,29-31,39H,19,21H2,2-3H3,(H,35,41)(H,36,38,40)/t27-,29-,30-,31-/m1/s1. The van der Waals surface area contributed by atoms with Gasteiger partial charge in [0, 0.05) is 12.3 Å². The lowest BCUT2D eigenvalue weighted by atomic mass is 9.80. The summed E-state index contributed by atoms with van der Waals surface area (Å²) in [5.41, 5.74) is -0.433. The van der Waals surface area contributed by atoms with Crippen molar-refractivity contribution in [2.45, 2.75) is 30.1 Å². The van der Waals surface area contributed by atoms with E-state index in [1.807, 2.05) is 78.9 Å². The zero-order valence-electron chi connectivity index (χ0n) is 25.1. The Labute approximate surface area is 264 Å². The van der Waals surface area contributed by atoms with Crippen LogP contribution in [0.5, 0.6) is 11.5 Å². The zero-order chi connectivity index (χ0) is 32.7. The Balaban J connectivity index is 1.56. The molecule has 1 aromatic heterocycles. The fraction of sp³-hybridized carbons (Fsp3) is 0.265. The number of aromatic amines is 1. The van der Waals surface area contributed by atoms with Gasteiger partial charge in [-0.25, -0.2) is 9.59 Å². The van der Waals surface area contributed by atoms with Gasteiger partial charge in [0.1, 0.15) is 29.3 Å². The van der Waals surface area contributed by atoms with Crippen molar-refractivity contribution in [3.63, 3.8) is 0 Å². The maximum atomic E-state index is 12.7. The maximum Gasteiger partial charge on any atom is 0.408 e. The quantitative estimate of drug-likeness (QED) is 0.168. The maximum absolute atomic E-state index is 12.7. The predicted molar refractivity (Wildman–Crippen MR) is 167 cm³/mol. The Morgan fingerprint density at radius 2 is 1.54 bits per heavy atom. The number of hydrogen-bond donors (Lipinski definition) is 3. The number of methoxy groups -OCH3 is 2. The minimum absolute atomic E-state index is 0.123. The SMILES string of the molecule is C#CCNC(=O)O[C@@H]1[C@H](O)[C@@H](COC(c2ccccc2)(c2ccc(OC)cc2)c2ccc(OC)cc2)O[C@H]1n1ccc(=O)[nH]c1=O. The number of aliphatic hydroxyl groups is 1. The molecule has 12 nitrogen and oxygen atoms in total. The van der Waals surface area contributed by atoms with Gasteiger partial charge in [0.2, 0.25) is 0 Å². The van der Waals surface area contributed by atoms with Gasteiger partial charge in [-0.15, -0.1) is 6.42 Å². The van der Waals surface area contributed by atoms with Crippen molar-refractivity contribution in [1.82, 2.24) is 14.9 Å². The smallest absolute Gasteiger partial charge is 0.408 e. The molecule has 0 saturated carbocycles. The van der Waals surface area contributed by atoms with Crippen LogP contribution in [0.25, 0.3) is 0 Å². The van der Waals surface area contributed by atoms with Crippen LogP contribution in [-0.4, -0.2) is 66.4 Å². The minimum atomic E-state index is -1.46. The second kappa shape index (κ2) is 14.2. The molecule has 0 unspecified atom stereocenters. The summed E-state index contributed by atoms with van der Waals surface area (Å²) >= 11 is 0. The van der Waals surface area contributed by atoms with E-state index in [4.69, 9.17) is 30.1 Å². The summed E-state index contributed by atoms with van der Waals surface area (Å²) < 4.78 is 30.3. The van der Waals surface area contributed by atoms with E-state index in [0.29, 0.717) is 11.5 Å². The van der Waals surface area contributed by atoms with Crippen molar-refractivity contribution in [3.8, 4) is 23.8 Å². The van der Waals surface area contributed by atoms with Gasteiger partial charge in [-0.3, -0.25) is 14.3 Å². The second-order valence-electron chi connectivity index (χ2n) is 10.3. The first-order valence-electron chi connectivity index (χ1n) is 14.3. The van der Waals surface area contributed by atoms with Crippen LogP contribution in [-0.2, 0) is 19.8 Å². The molecule has 1 fully saturated rings. The third kappa shape index (κ3) is 6.52. The highest BCUT2D eigenvalue weighted by molar-refractivity contribution is 5.67. The van der Waals surface area contributed by atoms with Gasteiger partial charge >= 0.3 is 11.8 Å². The van der Waals surface area contributed by atoms with Crippen LogP contribution in [0, 0.1) is 12.3 Å². The van der Waals surface area contributed by atoms with Crippen LogP contribution in [0.1, 0.15) is 22.9 Å². The summed E-state index contributed by atoms with van der Waals surface area (Å²) in [5, 5.41) is 13.8. The number of carbonyl (C=O) groups excluding carboxylic acids is 1. The van der Waals surface area contributed by atoms with Gasteiger partial charge < -0.3 is 34.1 Å². The number of terminal acetylenes is 1. The molecule has 2 heterocycles. The number of aromatic nitrogens is 2. The van der Waals surface area contributed by atoms with Crippen LogP contribution < -0.4 is 26.0 Å². The summed E-state index contributed by atoms with van der Waals surface area (Å²) in [4.78, 5) is 39.1. The minimum Gasteiger partial charge on any atom is -0.497 e. The highest BCUT2D eigenvalue weighted by Crippen LogP contribution is 2.43. The summed E-state index contributed by atoms with van der Waals surface area (Å²) in [7, 11) is 3.15. The molecular formula is C34H33N3O9. The summed E-state index contributed by atoms with van der Waals surface area (Å²) in [5.74, 6) is 3.55. The molecule has 0 aliphatic carbocycles. The highest BCUT2D eigenvalue weighted by atomic mass is 16.6. The summed E-state index contributed by atoms with van der Waals surface area (Å²) in [6.07, 6.45) is 0.267. The number of ether oxygens (including phenoxy) is 5. The first-order chi connectivity index (χ1) is 22.3. The summed E-state index contributed by atoms with van der Waals surface area (Å²) in [6, 6.07) is 25.4. The number of nitrogens with one attached hydrogen (secondary N) is 2. The normalized spacial score (nSPS) is 19.2. The van der Waals surface area contributed by atoms with Crippen molar-refractivity contribution < 1.29 is 33.6 Å². The molecule has 238 valence electrons. The van der Waals surface area contributed by atoms with Crippen LogP contribution in [0.4, 0.5) is 4.79 Å². The molecule has 5 rings (SSSR count). The van der Waals surface area contributed by atoms with E-state index in [0.717, 1.165) is 27.3 Å². The van der Waals surface area contributed by atoms with E-state index in [1.165, 1.54) is 6.20 Å². The Morgan fingerprint density at radius 3 is 2.09 bits per heavy atom. The van der Waals surface area contributed by atoms with E-state index in [-0.39, 0.29) is 13.2 Å². The third-order valence-corrected chi connectivity index (χ3v) is 7.65. The fourth-order valence-electron chi connectivity index (χ4n) is 5.40. The lowest BCUT2D eigenvalue weighted by Gasteiger charge is -2.37. The lowest BCUT2D eigenvalue weighted by Crippen LogP contribution is -2.43. The van der Waals surface area contributed by atoms with Gasteiger partial charge in [0.05, 0.1) is 27.4 Å². The highest BCUT2D eigenvalue weighted by Gasteiger charge is 2.49. The molecular weight excluding hydrogens is 594 g/mol. The van der Waals surface area contributed by atoms with Gasteiger partial charge in [-0.05, 0) is 41.0 Å². The zero-order valence-corrected chi connectivity index (χ0v) is 25.1. The number of amides is 1. The Hall–Kier alpha value is -5.35. The van der Waals surface area contributed by atoms with Crippen molar-refractivity contribution in [2.75, 3.05) is 27.4 Å². The number of rotatable bonds is 11. The molecule has 0 spiro atoms. The number of aliphatic hydroxyl groups excluding tert-OH is 1. The summed E-state index contributed by atoms with van der Waals surface area (Å²) in [6.45, 7) is -0.351. The number of benzene rings is 3. The van der Waals surface area contributed by atoms with Gasteiger partial charge in [0.15, 0.2) is 12.3 Å². The van der Waals surface area contributed by atoms with Crippen LogP contribution in [0.2, 0.25) is 0 Å². The van der Waals surface area contributed by atoms with Gasteiger partial charge in [0.25, 0.3) is 5.56 Å². The molecule has 1 aliphatic heterocycles. The number of hydrogen-bond acceptors (Lipinski definition) is 9. The Kier molecular flexibility index (Phi) is 9.88. The lowest BCUT2D eigenvalue weighted by molar-refractivity contribution is -0.0960. The molecule has 46 heavy (non-hydrogen) atoms. The van der Waals surface area contributed by atoms with Crippen molar-refractivity contribution in [1.29, 1.82) is 0 Å². The molecule has 3 N–H and O–H groups in total. The molecule has 0 bridgehead atoms. The van der Waals surface area contributed by atoms with Crippen molar-refractivity contribution in [2.24, 2.45) is 0 Å². The first-order valence-corrected chi connectivity index (χ1v) is 14.3. The van der Waals surface area contributed by atoms with E-state index < -0.39 is 47.5 Å². The first kappa shape index (κ1) is 32.1.